The molecule has 3 rings (SSSR count). The van der Waals surface area contributed by atoms with Gasteiger partial charge in [0, 0.05) is 4.90 Å². The number of hydrogen-bond donors (Lipinski definition) is 0. The Kier molecular flexibility index (Phi) is 4.34. The first-order chi connectivity index (χ1) is 10.1. The fourth-order valence-corrected chi connectivity index (χ4v) is 3.62. The van der Waals surface area contributed by atoms with E-state index < -0.39 is 5.79 Å². The van der Waals surface area contributed by atoms with E-state index in [0.717, 1.165) is 0 Å². The predicted molar refractivity (Wildman–Crippen MR) is 86.4 cm³/mol. The third-order valence-corrected chi connectivity index (χ3v) is 4.73. The number of ether oxygens (including phenoxy) is 2. The van der Waals surface area contributed by atoms with Crippen molar-refractivity contribution in [2.45, 2.75) is 35.9 Å². The van der Waals surface area contributed by atoms with Crippen LogP contribution in [0.1, 0.15) is 25.5 Å². The molecule has 2 aromatic carbocycles. The van der Waals surface area contributed by atoms with Gasteiger partial charge in [-0.05, 0) is 31.5 Å². The second-order valence-corrected chi connectivity index (χ2v) is 6.94. The van der Waals surface area contributed by atoms with Crippen molar-refractivity contribution < 1.29 is 9.47 Å². The lowest BCUT2D eigenvalue weighted by Crippen LogP contribution is -2.42. The van der Waals surface area contributed by atoms with Crippen LogP contribution in [0, 0.1) is 0 Å². The van der Waals surface area contributed by atoms with Gasteiger partial charge in [-0.2, -0.15) is 0 Å². The molecule has 3 heteroatoms. The van der Waals surface area contributed by atoms with Crippen LogP contribution in [0.2, 0.25) is 0 Å². The summed E-state index contributed by atoms with van der Waals surface area (Å²) in [7, 11) is 0. The van der Waals surface area contributed by atoms with Gasteiger partial charge in [0.05, 0.1) is 11.9 Å². The molecule has 2 atom stereocenters. The van der Waals surface area contributed by atoms with E-state index in [1.807, 2.05) is 37.7 Å². The summed E-state index contributed by atoms with van der Waals surface area (Å²) < 4.78 is 12.1. The molecule has 0 saturated carbocycles. The van der Waals surface area contributed by atoms with E-state index in [-0.39, 0.29) is 11.4 Å². The number of rotatable bonds is 3. The summed E-state index contributed by atoms with van der Waals surface area (Å²) in [5, 5.41) is 0.253. The molecular weight excluding hydrogens is 280 g/mol. The molecule has 0 aliphatic carbocycles. The minimum absolute atomic E-state index is 0.0418. The fraction of sp³-hybridized carbons (Fsp3) is 0.333. The van der Waals surface area contributed by atoms with Gasteiger partial charge in [0.2, 0.25) is 0 Å². The molecule has 0 aromatic heterocycles. The van der Waals surface area contributed by atoms with E-state index in [0.29, 0.717) is 6.61 Å². The highest BCUT2D eigenvalue weighted by molar-refractivity contribution is 8.00. The third kappa shape index (κ3) is 3.67. The Morgan fingerprint density at radius 3 is 2.24 bits per heavy atom. The molecule has 1 saturated heterocycles. The minimum atomic E-state index is -0.533. The average Bonchev–Trinajstić information content (AvgIpc) is 2.51. The SMILES string of the molecule is CC1(C)OC[C@@H](Sc2ccccc2)[C@H](c2ccccc2)O1. The van der Waals surface area contributed by atoms with E-state index in [4.69, 9.17) is 9.47 Å². The molecule has 1 aliphatic rings. The van der Waals surface area contributed by atoms with Crippen LogP contribution < -0.4 is 0 Å². The lowest BCUT2D eigenvalue weighted by atomic mass is 10.0. The maximum absolute atomic E-state index is 6.20. The maximum atomic E-state index is 6.20. The summed E-state index contributed by atoms with van der Waals surface area (Å²) in [4.78, 5) is 1.25. The van der Waals surface area contributed by atoms with Crippen molar-refractivity contribution >= 4 is 11.8 Å². The molecule has 0 N–H and O–H groups in total. The quantitative estimate of drug-likeness (QED) is 0.820. The summed E-state index contributed by atoms with van der Waals surface area (Å²) >= 11 is 1.82. The number of hydrogen-bond acceptors (Lipinski definition) is 3. The molecule has 0 bridgehead atoms. The van der Waals surface area contributed by atoms with Crippen molar-refractivity contribution in [3.8, 4) is 0 Å². The Hall–Kier alpha value is -1.29. The second-order valence-electron chi connectivity index (χ2n) is 5.63. The van der Waals surface area contributed by atoms with E-state index in [2.05, 4.69) is 48.5 Å². The smallest absolute Gasteiger partial charge is 0.163 e. The van der Waals surface area contributed by atoms with Crippen molar-refractivity contribution in [1.29, 1.82) is 0 Å². The zero-order valence-corrected chi connectivity index (χ0v) is 13.2. The van der Waals surface area contributed by atoms with Crippen LogP contribution in [0.4, 0.5) is 0 Å². The first-order valence-corrected chi connectivity index (χ1v) is 8.10. The maximum Gasteiger partial charge on any atom is 0.163 e. The van der Waals surface area contributed by atoms with Gasteiger partial charge in [-0.25, -0.2) is 0 Å². The summed E-state index contributed by atoms with van der Waals surface area (Å²) in [5.74, 6) is -0.533. The predicted octanol–water partition coefficient (Wildman–Crippen LogP) is 4.67. The molecular formula is C18H20O2S. The molecule has 2 nitrogen and oxygen atoms in total. The average molecular weight is 300 g/mol. The van der Waals surface area contributed by atoms with Gasteiger partial charge in [-0.15, -0.1) is 11.8 Å². The highest BCUT2D eigenvalue weighted by Gasteiger charge is 2.37. The Labute approximate surface area is 130 Å². The zero-order valence-electron chi connectivity index (χ0n) is 12.4. The standard InChI is InChI=1S/C18H20O2S/c1-18(2)19-13-16(21-15-11-7-4-8-12-15)17(20-18)14-9-5-3-6-10-14/h3-12,16-17H,13H2,1-2H3/t16-,17+/m1/s1. The number of benzene rings is 2. The van der Waals surface area contributed by atoms with E-state index >= 15 is 0 Å². The number of thioether (sulfide) groups is 1. The molecule has 110 valence electrons. The first-order valence-electron chi connectivity index (χ1n) is 7.22. The van der Waals surface area contributed by atoms with Gasteiger partial charge < -0.3 is 9.47 Å². The molecule has 21 heavy (non-hydrogen) atoms. The van der Waals surface area contributed by atoms with Crippen LogP contribution in [-0.2, 0) is 9.47 Å². The van der Waals surface area contributed by atoms with Gasteiger partial charge in [-0.3, -0.25) is 0 Å². The largest absolute Gasteiger partial charge is 0.349 e. The molecule has 2 aromatic rings. The van der Waals surface area contributed by atoms with Gasteiger partial charge in [0.1, 0.15) is 6.10 Å². The molecule has 0 amide bonds. The molecule has 0 unspecified atom stereocenters. The third-order valence-electron chi connectivity index (χ3n) is 3.50. The molecule has 0 spiro atoms. The summed E-state index contributed by atoms with van der Waals surface area (Å²) in [6.45, 7) is 4.64. The molecule has 1 aliphatic heterocycles. The van der Waals surface area contributed by atoms with Crippen molar-refractivity contribution in [2.75, 3.05) is 6.61 Å². The van der Waals surface area contributed by atoms with E-state index in [1.165, 1.54) is 10.5 Å². The lowest BCUT2D eigenvalue weighted by molar-refractivity contribution is -0.272. The fourth-order valence-electron chi connectivity index (χ4n) is 2.48. The normalized spacial score (nSPS) is 24.7. The van der Waals surface area contributed by atoms with Crippen LogP contribution in [0.5, 0.6) is 0 Å². The summed E-state index contributed by atoms with van der Waals surface area (Å²) in [6.07, 6.45) is 0.0418. The van der Waals surface area contributed by atoms with Crippen LogP contribution in [-0.4, -0.2) is 17.6 Å². The van der Waals surface area contributed by atoms with Crippen molar-refractivity contribution in [2.24, 2.45) is 0 Å². The van der Waals surface area contributed by atoms with Crippen molar-refractivity contribution in [1.82, 2.24) is 0 Å². The Bertz CT molecular complexity index is 568. The van der Waals surface area contributed by atoms with E-state index in [9.17, 15) is 0 Å². The Balaban J connectivity index is 1.83. The van der Waals surface area contributed by atoms with Gasteiger partial charge in [0.15, 0.2) is 5.79 Å². The van der Waals surface area contributed by atoms with Crippen LogP contribution in [0.3, 0.4) is 0 Å². The Morgan fingerprint density at radius 2 is 1.57 bits per heavy atom. The minimum Gasteiger partial charge on any atom is -0.349 e. The van der Waals surface area contributed by atoms with Gasteiger partial charge >= 0.3 is 0 Å². The summed E-state index contributed by atoms with van der Waals surface area (Å²) in [5.41, 5.74) is 1.21. The van der Waals surface area contributed by atoms with Crippen LogP contribution in [0.15, 0.2) is 65.6 Å². The molecule has 1 fully saturated rings. The van der Waals surface area contributed by atoms with Gasteiger partial charge in [0.25, 0.3) is 0 Å². The van der Waals surface area contributed by atoms with Crippen LogP contribution >= 0.6 is 11.8 Å². The highest BCUT2D eigenvalue weighted by Crippen LogP contribution is 2.41. The highest BCUT2D eigenvalue weighted by atomic mass is 32.2. The molecule has 1 heterocycles. The van der Waals surface area contributed by atoms with E-state index in [1.54, 1.807) is 0 Å². The zero-order chi connectivity index (χ0) is 14.7. The topological polar surface area (TPSA) is 18.5 Å². The van der Waals surface area contributed by atoms with Crippen LogP contribution in [0.25, 0.3) is 0 Å². The monoisotopic (exact) mass is 300 g/mol. The summed E-state index contributed by atoms with van der Waals surface area (Å²) in [6, 6.07) is 20.8. The van der Waals surface area contributed by atoms with Gasteiger partial charge in [-0.1, -0.05) is 48.5 Å². The van der Waals surface area contributed by atoms with Crippen molar-refractivity contribution in [3.63, 3.8) is 0 Å². The second kappa shape index (κ2) is 6.22. The molecule has 0 radical (unpaired) electrons. The Morgan fingerprint density at radius 1 is 0.952 bits per heavy atom. The first kappa shape index (κ1) is 14.6. The van der Waals surface area contributed by atoms with Crippen molar-refractivity contribution in [3.05, 3.63) is 66.2 Å². The lowest BCUT2D eigenvalue weighted by Gasteiger charge is -2.41.